The summed E-state index contributed by atoms with van der Waals surface area (Å²) in [6.45, 7) is 6.32. The van der Waals surface area contributed by atoms with Crippen molar-refractivity contribution in [2.45, 2.75) is 33.4 Å². The molecule has 6 nitrogen and oxygen atoms in total. The van der Waals surface area contributed by atoms with Crippen LogP contribution in [0.3, 0.4) is 0 Å². The van der Waals surface area contributed by atoms with Crippen LogP contribution in [0.1, 0.15) is 25.3 Å². The average Bonchev–Trinajstić information content (AvgIpc) is 2.85. The molecular weight excluding hydrogens is 258 g/mol. The van der Waals surface area contributed by atoms with Crippen molar-refractivity contribution in [3.8, 4) is 11.3 Å². The van der Waals surface area contributed by atoms with Crippen LogP contribution in [-0.4, -0.2) is 15.9 Å². The van der Waals surface area contributed by atoms with Gasteiger partial charge in [0.15, 0.2) is 5.76 Å². The number of oxazole rings is 1. The number of nitro benzene ring substituents is 1. The number of benzene rings is 1. The van der Waals surface area contributed by atoms with Gasteiger partial charge in [0.25, 0.3) is 5.69 Å². The highest BCUT2D eigenvalue weighted by Gasteiger charge is 2.17. The van der Waals surface area contributed by atoms with E-state index in [9.17, 15) is 10.1 Å². The third kappa shape index (κ3) is 3.03. The molecule has 0 unspecified atom stereocenters. The second-order valence-electron chi connectivity index (χ2n) is 4.86. The summed E-state index contributed by atoms with van der Waals surface area (Å²) >= 11 is 0. The van der Waals surface area contributed by atoms with Gasteiger partial charge in [-0.1, -0.05) is 26.0 Å². The fraction of sp³-hybridized carbons (Fsp3) is 0.357. The van der Waals surface area contributed by atoms with Gasteiger partial charge in [-0.25, -0.2) is 4.98 Å². The van der Waals surface area contributed by atoms with Crippen LogP contribution in [0.4, 0.5) is 5.69 Å². The topological polar surface area (TPSA) is 81.2 Å². The van der Waals surface area contributed by atoms with E-state index in [0.717, 1.165) is 0 Å². The minimum absolute atomic E-state index is 0.0840. The molecule has 0 saturated heterocycles. The molecule has 0 amide bonds. The Morgan fingerprint density at radius 3 is 2.85 bits per heavy atom. The zero-order chi connectivity index (χ0) is 14.7. The molecule has 0 saturated carbocycles. The van der Waals surface area contributed by atoms with Crippen LogP contribution in [0.25, 0.3) is 11.3 Å². The largest absolute Gasteiger partial charge is 0.439 e. The maximum atomic E-state index is 10.9. The monoisotopic (exact) mass is 275 g/mol. The Morgan fingerprint density at radius 1 is 1.45 bits per heavy atom. The van der Waals surface area contributed by atoms with E-state index < -0.39 is 4.92 Å². The standard InChI is InChI=1S/C14H17N3O3/c1-9(2)15-8-14-16-7-13(20-14)11-5-4-6-12(10(11)3)17(18)19/h4-7,9,15H,8H2,1-3H3. The molecule has 0 aliphatic heterocycles. The molecule has 0 bridgehead atoms. The van der Waals surface area contributed by atoms with Crippen molar-refractivity contribution < 1.29 is 9.34 Å². The van der Waals surface area contributed by atoms with Gasteiger partial charge in [0.2, 0.25) is 5.89 Å². The highest BCUT2D eigenvalue weighted by Crippen LogP contribution is 2.30. The molecule has 6 heteroatoms. The normalized spacial score (nSPS) is 11.0. The maximum absolute atomic E-state index is 10.9. The van der Waals surface area contributed by atoms with Crippen LogP contribution in [0, 0.1) is 17.0 Å². The summed E-state index contributed by atoms with van der Waals surface area (Å²) in [7, 11) is 0. The van der Waals surface area contributed by atoms with Crippen LogP contribution in [0.5, 0.6) is 0 Å². The lowest BCUT2D eigenvalue weighted by molar-refractivity contribution is -0.385. The lowest BCUT2D eigenvalue weighted by Gasteiger charge is -2.05. The van der Waals surface area contributed by atoms with Gasteiger partial charge in [0.1, 0.15) is 0 Å². The Balaban J connectivity index is 2.28. The SMILES string of the molecule is Cc1c(-c2cnc(CNC(C)C)o2)cccc1[N+](=O)[O-]. The predicted molar refractivity (Wildman–Crippen MR) is 75.3 cm³/mol. The van der Waals surface area contributed by atoms with Crippen molar-refractivity contribution in [2.75, 3.05) is 0 Å². The van der Waals surface area contributed by atoms with E-state index >= 15 is 0 Å². The van der Waals surface area contributed by atoms with Crippen LogP contribution >= 0.6 is 0 Å². The third-order valence-corrected chi connectivity index (χ3v) is 2.98. The van der Waals surface area contributed by atoms with Gasteiger partial charge in [-0.15, -0.1) is 0 Å². The molecule has 106 valence electrons. The molecule has 0 fully saturated rings. The molecule has 0 aliphatic carbocycles. The van der Waals surface area contributed by atoms with Gasteiger partial charge in [-0.3, -0.25) is 10.1 Å². The van der Waals surface area contributed by atoms with E-state index in [-0.39, 0.29) is 5.69 Å². The van der Waals surface area contributed by atoms with E-state index in [1.807, 2.05) is 13.8 Å². The first-order valence-corrected chi connectivity index (χ1v) is 6.41. The number of nitrogens with one attached hydrogen (secondary N) is 1. The number of aromatic nitrogens is 1. The Bertz CT molecular complexity index is 620. The van der Waals surface area contributed by atoms with E-state index in [0.29, 0.717) is 35.4 Å². The molecule has 1 aromatic carbocycles. The molecule has 0 radical (unpaired) electrons. The van der Waals surface area contributed by atoms with Gasteiger partial charge < -0.3 is 9.73 Å². The number of hydrogen-bond acceptors (Lipinski definition) is 5. The molecule has 20 heavy (non-hydrogen) atoms. The molecule has 1 N–H and O–H groups in total. The summed E-state index contributed by atoms with van der Waals surface area (Å²) in [5, 5.41) is 14.1. The molecule has 2 aromatic rings. The minimum atomic E-state index is -0.392. The smallest absolute Gasteiger partial charge is 0.273 e. The first kappa shape index (κ1) is 14.2. The Kier molecular flexibility index (Phi) is 4.14. The summed E-state index contributed by atoms with van der Waals surface area (Å²) in [6, 6.07) is 5.26. The van der Waals surface area contributed by atoms with E-state index in [2.05, 4.69) is 10.3 Å². The minimum Gasteiger partial charge on any atom is -0.439 e. The van der Waals surface area contributed by atoms with Crippen molar-refractivity contribution in [1.29, 1.82) is 0 Å². The lowest BCUT2D eigenvalue weighted by Crippen LogP contribution is -2.21. The third-order valence-electron chi connectivity index (χ3n) is 2.98. The highest BCUT2D eigenvalue weighted by molar-refractivity contribution is 5.66. The first-order valence-electron chi connectivity index (χ1n) is 6.41. The molecule has 0 atom stereocenters. The molecule has 2 rings (SSSR count). The quantitative estimate of drug-likeness (QED) is 0.670. The summed E-state index contributed by atoms with van der Waals surface area (Å²) < 4.78 is 5.64. The Labute approximate surface area is 117 Å². The van der Waals surface area contributed by atoms with Crippen molar-refractivity contribution in [1.82, 2.24) is 10.3 Å². The van der Waals surface area contributed by atoms with Gasteiger partial charge in [0.05, 0.1) is 17.7 Å². The van der Waals surface area contributed by atoms with Gasteiger partial charge in [-0.05, 0) is 6.92 Å². The van der Waals surface area contributed by atoms with Crippen molar-refractivity contribution in [3.63, 3.8) is 0 Å². The Hall–Kier alpha value is -2.21. The summed E-state index contributed by atoms with van der Waals surface area (Å²) in [6.07, 6.45) is 1.60. The van der Waals surface area contributed by atoms with Crippen molar-refractivity contribution in [3.05, 3.63) is 46.0 Å². The van der Waals surface area contributed by atoms with Gasteiger partial charge in [-0.2, -0.15) is 0 Å². The number of rotatable bonds is 5. The summed E-state index contributed by atoms with van der Waals surface area (Å²) in [5.41, 5.74) is 1.36. The predicted octanol–water partition coefficient (Wildman–Crippen LogP) is 3.06. The van der Waals surface area contributed by atoms with E-state index in [1.54, 1.807) is 25.3 Å². The van der Waals surface area contributed by atoms with Crippen molar-refractivity contribution >= 4 is 5.69 Å². The zero-order valence-electron chi connectivity index (χ0n) is 11.7. The first-order chi connectivity index (χ1) is 9.49. The fourth-order valence-electron chi connectivity index (χ4n) is 1.90. The van der Waals surface area contributed by atoms with Gasteiger partial charge in [0, 0.05) is 23.2 Å². The lowest BCUT2D eigenvalue weighted by atomic mass is 10.1. The fourth-order valence-corrected chi connectivity index (χ4v) is 1.90. The van der Waals surface area contributed by atoms with Gasteiger partial charge >= 0.3 is 0 Å². The van der Waals surface area contributed by atoms with Crippen LogP contribution < -0.4 is 5.32 Å². The average molecular weight is 275 g/mol. The summed E-state index contributed by atoms with van der Waals surface area (Å²) in [5.74, 6) is 1.12. The van der Waals surface area contributed by atoms with Crippen LogP contribution in [0.15, 0.2) is 28.8 Å². The van der Waals surface area contributed by atoms with E-state index in [4.69, 9.17) is 4.42 Å². The molecule has 0 spiro atoms. The van der Waals surface area contributed by atoms with E-state index in [1.165, 1.54) is 6.07 Å². The van der Waals surface area contributed by atoms with Crippen LogP contribution in [-0.2, 0) is 6.54 Å². The number of nitrogens with zero attached hydrogens (tertiary/aromatic N) is 2. The maximum Gasteiger partial charge on any atom is 0.273 e. The number of hydrogen-bond donors (Lipinski definition) is 1. The zero-order valence-corrected chi connectivity index (χ0v) is 11.7. The molecule has 1 aromatic heterocycles. The molecular formula is C14H17N3O3. The Morgan fingerprint density at radius 2 is 2.20 bits per heavy atom. The molecule has 1 heterocycles. The second kappa shape index (κ2) is 5.83. The number of nitro groups is 1. The summed E-state index contributed by atoms with van der Waals surface area (Å²) in [4.78, 5) is 14.7. The molecule has 0 aliphatic rings. The second-order valence-corrected chi connectivity index (χ2v) is 4.86. The van der Waals surface area contributed by atoms with Crippen LogP contribution in [0.2, 0.25) is 0 Å². The van der Waals surface area contributed by atoms with Crippen molar-refractivity contribution in [2.24, 2.45) is 0 Å². The highest BCUT2D eigenvalue weighted by atomic mass is 16.6.